The topological polar surface area (TPSA) is 30.7 Å². The Labute approximate surface area is 94.1 Å². The molecule has 0 aliphatic rings. The van der Waals surface area contributed by atoms with Gasteiger partial charge >= 0.3 is 0 Å². The van der Waals surface area contributed by atoms with Crippen molar-refractivity contribution in [3.05, 3.63) is 24.3 Å². The Bertz CT molecular complexity index is 450. The lowest BCUT2D eigenvalue weighted by molar-refractivity contribution is 0.702. The molecular formula is C11H14ClN3. The summed E-state index contributed by atoms with van der Waals surface area (Å²) in [4.78, 5) is 8.64. The van der Waals surface area contributed by atoms with Crippen molar-refractivity contribution in [3.63, 3.8) is 0 Å². The Morgan fingerprint density at radius 2 is 2.33 bits per heavy atom. The molecule has 0 aromatic carbocycles. The molecule has 0 aliphatic heterocycles. The molecule has 2 aromatic heterocycles. The van der Waals surface area contributed by atoms with Gasteiger partial charge in [0.1, 0.15) is 11.3 Å². The summed E-state index contributed by atoms with van der Waals surface area (Å²) in [6.45, 7) is 3.07. The van der Waals surface area contributed by atoms with E-state index in [-0.39, 0.29) is 0 Å². The van der Waals surface area contributed by atoms with Crippen LogP contribution < -0.4 is 0 Å². The van der Waals surface area contributed by atoms with Crippen molar-refractivity contribution >= 4 is 22.6 Å². The van der Waals surface area contributed by atoms with Gasteiger partial charge in [-0.1, -0.05) is 0 Å². The zero-order valence-electron chi connectivity index (χ0n) is 8.78. The molecule has 0 amide bonds. The average molecular weight is 224 g/mol. The summed E-state index contributed by atoms with van der Waals surface area (Å²) in [5.41, 5.74) is 2.14. The van der Waals surface area contributed by atoms with E-state index in [2.05, 4.69) is 21.5 Å². The zero-order chi connectivity index (χ0) is 10.7. The quantitative estimate of drug-likeness (QED) is 0.746. The molecule has 0 spiro atoms. The summed E-state index contributed by atoms with van der Waals surface area (Å²) in [5.74, 6) is 1.80. The third-order valence-electron chi connectivity index (χ3n) is 2.48. The molecule has 0 atom stereocenters. The fraction of sp³-hybridized carbons (Fsp3) is 0.455. The molecule has 2 rings (SSSR count). The first-order valence-corrected chi connectivity index (χ1v) is 5.75. The molecule has 15 heavy (non-hydrogen) atoms. The van der Waals surface area contributed by atoms with Crippen LogP contribution >= 0.6 is 11.6 Å². The number of rotatable bonds is 4. The second kappa shape index (κ2) is 4.62. The summed E-state index contributed by atoms with van der Waals surface area (Å²) in [7, 11) is 0. The van der Waals surface area contributed by atoms with E-state index in [1.54, 1.807) is 0 Å². The van der Waals surface area contributed by atoms with Gasteiger partial charge in [-0.3, -0.25) is 4.98 Å². The van der Waals surface area contributed by atoms with Crippen LogP contribution in [-0.2, 0) is 13.0 Å². The van der Waals surface area contributed by atoms with E-state index in [4.69, 9.17) is 11.6 Å². The smallest absolute Gasteiger partial charge is 0.109 e. The van der Waals surface area contributed by atoms with Crippen LogP contribution in [0.1, 0.15) is 19.2 Å². The highest BCUT2D eigenvalue weighted by Gasteiger charge is 2.08. The Morgan fingerprint density at radius 3 is 3.07 bits per heavy atom. The van der Waals surface area contributed by atoms with Gasteiger partial charge in [-0.15, -0.1) is 11.6 Å². The zero-order valence-corrected chi connectivity index (χ0v) is 9.54. The summed E-state index contributed by atoms with van der Waals surface area (Å²) in [6, 6.07) is 2.01. The van der Waals surface area contributed by atoms with E-state index >= 15 is 0 Å². The maximum absolute atomic E-state index is 5.70. The molecule has 0 N–H and O–H groups in total. The van der Waals surface area contributed by atoms with Crippen molar-refractivity contribution in [2.24, 2.45) is 0 Å². The lowest BCUT2D eigenvalue weighted by Gasteiger charge is -2.04. The molecule has 2 heterocycles. The van der Waals surface area contributed by atoms with Gasteiger partial charge < -0.3 is 4.57 Å². The summed E-state index contributed by atoms with van der Waals surface area (Å²) in [6.07, 6.45) is 5.53. The number of imidazole rings is 1. The minimum Gasteiger partial charge on any atom is -0.328 e. The molecule has 0 saturated heterocycles. The number of aryl methyl sites for hydroxylation is 2. The molecular weight excluding hydrogens is 210 g/mol. The average Bonchev–Trinajstić information content (AvgIpc) is 2.63. The van der Waals surface area contributed by atoms with E-state index in [0.717, 1.165) is 36.2 Å². The minimum atomic E-state index is 0.686. The Hall–Kier alpha value is -1.09. The van der Waals surface area contributed by atoms with Crippen LogP contribution in [-0.4, -0.2) is 20.4 Å². The number of alkyl halides is 1. The fourth-order valence-corrected chi connectivity index (χ4v) is 1.93. The lowest BCUT2D eigenvalue weighted by atomic mass is 10.3. The van der Waals surface area contributed by atoms with Crippen molar-refractivity contribution in [1.29, 1.82) is 0 Å². The highest BCUT2D eigenvalue weighted by Crippen LogP contribution is 2.15. The predicted octanol–water partition coefficient (Wildman–Crippen LogP) is 2.62. The fourth-order valence-electron chi connectivity index (χ4n) is 1.80. The van der Waals surface area contributed by atoms with E-state index in [9.17, 15) is 0 Å². The first-order chi connectivity index (χ1) is 7.36. The maximum atomic E-state index is 5.70. The van der Waals surface area contributed by atoms with Gasteiger partial charge in [-0.2, -0.15) is 0 Å². The second-order valence-corrected chi connectivity index (χ2v) is 3.81. The van der Waals surface area contributed by atoms with Gasteiger partial charge in [0, 0.05) is 25.0 Å². The third-order valence-corrected chi connectivity index (χ3v) is 2.75. The SMILES string of the molecule is CCn1c(CCCCl)nc2cnccc21. The molecule has 0 unspecified atom stereocenters. The van der Waals surface area contributed by atoms with Gasteiger partial charge in [0.15, 0.2) is 0 Å². The first-order valence-electron chi connectivity index (χ1n) is 5.22. The lowest BCUT2D eigenvalue weighted by Crippen LogP contribution is -2.01. The number of nitrogens with zero attached hydrogens (tertiary/aromatic N) is 3. The second-order valence-electron chi connectivity index (χ2n) is 3.43. The highest BCUT2D eigenvalue weighted by atomic mass is 35.5. The van der Waals surface area contributed by atoms with Gasteiger partial charge in [-0.05, 0) is 19.4 Å². The monoisotopic (exact) mass is 223 g/mol. The summed E-state index contributed by atoms with van der Waals surface area (Å²) in [5, 5.41) is 0. The van der Waals surface area contributed by atoms with Crippen molar-refractivity contribution in [1.82, 2.24) is 14.5 Å². The molecule has 4 heteroatoms. The number of hydrogen-bond donors (Lipinski definition) is 0. The van der Waals surface area contributed by atoms with Crippen molar-refractivity contribution in [2.45, 2.75) is 26.3 Å². The molecule has 0 fully saturated rings. The Balaban J connectivity index is 2.44. The summed E-state index contributed by atoms with van der Waals surface area (Å²) >= 11 is 5.70. The molecule has 3 nitrogen and oxygen atoms in total. The van der Waals surface area contributed by atoms with Crippen LogP contribution in [0.15, 0.2) is 18.5 Å². The first kappa shape index (κ1) is 10.4. The van der Waals surface area contributed by atoms with Crippen LogP contribution in [0.25, 0.3) is 11.0 Å². The molecule has 0 aliphatic carbocycles. The van der Waals surface area contributed by atoms with E-state index in [1.165, 1.54) is 0 Å². The Morgan fingerprint density at radius 1 is 1.47 bits per heavy atom. The van der Waals surface area contributed by atoms with E-state index < -0.39 is 0 Å². The van der Waals surface area contributed by atoms with Crippen LogP contribution in [0.5, 0.6) is 0 Å². The van der Waals surface area contributed by atoms with Crippen molar-refractivity contribution in [2.75, 3.05) is 5.88 Å². The van der Waals surface area contributed by atoms with Gasteiger partial charge in [0.05, 0.1) is 11.7 Å². The number of halogens is 1. The van der Waals surface area contributed by atoms with Crippen molar-refractivity contribution in [3.8, 4) is 0 Å². The van der Waals surface area contributed by atoms with Crippen LogP contribution in [0.2, 0.25) is 0 Å². The largest absolute Gasteiger partial charge is 0.328 e. The maximum Gasteiger partial charge on any atom is 0.109 e. The Kier molecular flexibility index (Phi) is 3.21. The third kappa shape index (κ3) is 1.97. The van der Waals surface area contributed by atoms with Crippen LogP contribution in [0.4, 0.5) is 0 Å². The van der Waals surface area contributed by atoms with E-state index in [0.29, 0.717) is 5.88 Å². The number of pyridine rings is 1. The van der Waals surface area contributed by atoms with Crippen LogP contribution in [0, 0.1) is 0 Å². The predicted molar refractivity (Wildman–Crippen MR) is 62.2 cm³/mol. The summed E-state index contributed by atoms with van der Waals surface area (Å²) < 4.78 is 2.23. The molecule has 2 aromatic rings. The van der Waals surface area contributed by atoms with Gasteiger partial charge in [0.25, 0.3) is 0 Å². The minimum absolute atomic E-state index is 0.686. The normalized spacial score (nSPS) is 11.1. The number of hydrogen-bond acceptors (Lipinski definition) is 2. The van der Waals surface area contributed by atoms with Gasteiger partial charge in [0.2, 0.25) is 0 Å². The molecule has 0 radical (unpaired) electrons. The highest BCUT2D eigenvalue weighted by molar-refractivity contribution is 6.17. The van der Waals surface area contributed by atoms with E-state index in [1.807, 2.05) is 18.5 Å². The molecule has 80 valence electrons. The standard InChI is InChI=1S/C11H14ClN3/c1-2-15-10-5-7-13-8-9(10)14-11(15)4-3-6-12/h5,7-8H,2-4,6H2,1H3. The number of fused-ring (bicyclic) bond motifs is 1. The van der Waals surface area contributed by atoms with Crippen molar-refractivity contribution < 1.29 is 0 Å². The molecule has 0 saturated carbocycles. The molecule has 0 bridgehead atoms. The number of aromatic nitrogens is 3. The van der Waals surface area contributed by atoms with Crippen LogP contribution in [0.3, 0.4) is 0 Å². The van der Waals surface area contributed by atoms with Gasteiger partial charge in [-0.25, -0.2) is 4.98 Å².